The van der Waals surface area contributed by atoms with E-state index in [0.717, 1.165) is 16.9 Å². The summed E-state index contributed by atoms with van der Waals surface area (Å²) in [5.41, 5.74) is 6.66. The highest BCUT2D eigenvalue weighted by molar-refractivity contribution is 5.86. The number of nitrogens with one attached hydrogen (secondary N) is 2. The van der Waals surface area contributed by atoms with Crippen LogP contribution in [0.2, 0.25) is 0 Å². The van der Waals surface area contributed by atoms with Gasteiger partial charge in [-0.25, -0.2) is 0 Å². The van der Waals surface area contributed by atoms with E-state index in [-0.39, 0.29) is 18.1 Å². The molecule has 5 nitrogen and oxygen atoms in total. The Morgan fingerprint density at radius 3 is 2.03 bits per heavy atom. The van der Waals surface area contributed by atoms with Crippen LogP contribution in [0.4, 0.5) is 11.4 Å². The number of likely N-dealkylation sites (tertiary alicyclic amines) is 1. The first-order valence-corrected chi connectivity index (χ1v) is 12.6. The second-order valence-corrected chi connectivity index (χ2v) is 9.77. The molecule has 1 aliphatic rings. The molecule has 5 heteroatoms. The van der Waals surface area contributed by atoms with E-state index >= 15 is 0 Å². The third-order valence-corrected chi connectivity index (χ3v) is 6.84. The van der Waals surface area contributed by atoms with Crippen molar-refractivity contribution in [3.8, 4) is 0 Å². The molecule has 1 unspecified atom stereocenters. The number of anilines is 2. The summed E-state index contributed by atoms with van der Waals surface area (Å²) in [6.07, 6.45) is 1.56. The number of aliphatic hydroxyl groups is 1. The van der Waals surface area contributed by atoms with Crippen molar-refractivity contribution in [3.63, 3.8) is 0 Å². The summed E-state index contributed by atoms with van der Waals surface area (Å²) in [5.74, 6) is 0.0823. The molecule has 184 valence electrons. The van der Waals surface area contributed by atoms with Crippen LogP contribution in [0.1, 0.15) is 48.1 Å². The number of carbonyl (C=O) groups excluding carboxylic acids is 1. The number of para-hydroxylation sites is 2. The average molecular weight is 472 g/mol. The Morgan fingerprint density at radius 1 is 0.886 bits per heavy atom. The van der Waals surface area contributed by atoms with Crippen LogP contribution in [0, 0.1) is 13.8 Å². The summed E-state index contributed by atoms with van der Waals surface area (Å²) < 4.78 is 0. The molecule has 3 aromatic carbocycles. The number of piperidine rings is 1. The molecule has 2 atom stereocenters. The van der Waals surface area contributed by atoms with Gasteiger partial charge < -0.3 is 20.6 Å². The number of amides is 1. The van der Waals surface area contributed by atoms with E-state index in [1.165, 1.54) is 16.7 Å². The van der Waals surface area contributed by atoms with Gasteiger partial charge in [0.05, 0.1) is 17.5 Å². The lowest BCUT2D eigenvalue weighted by molar-refractivity contribution is -0.134. The number of hydrogen-bond acceptors (Lipinski definition) is 4. The van der Waals surface area contributed by atoms with Crippen molar-refractivity contribution in [1.29, 1.82) is 0 Å². The quantitative estimate of drug-likeness (QED) is 0.407. The molecule has 35 heavy (non-hydrogen) atoms. The van der Waals surface area contributed by atoms with Crippen LogP contribution in [0.15, 0.2) is 72.8 Å². The summed E-state index contributed by atoms with van der Waals surface area (Å²) in [4.78, 5) is 15.5. The Bertz CT molecular complexity index is 1100. The van der Waals surface area contributed by atoms with Gasteiger partial charge in [0.15, 0.2) is 0 Å². The molecule has 0 aromatic heterocycles. The largest absolute Gasteiger partial charge is 0.393 e. The lowest BCUT2D eigenvalue weighted by Crippen LogP contribution is -2.48. The molecule has 1 heterocycles. The van der Waals surface area contributed by atoms with E-state index in [4.69, 9.17) is 0 Å². The van der Waals surface area contributed by atoms with Crippen LogP contribution < -0.4 is 10.6 Å². The fourth-order valence-electron chi connectivity index (χ4n) is 4.56. The number of benzene rings is 3. The minimum Gasteiger partial charge on any atom is -0.393 e. The zero-order chi connectivity index (χ0) is 24.8. The summed E-state index contributed by atoms with van der Waals surface area (Å²) >= 11 is 0. The molecule has 1 saturated heterocycles. The normalized spacial score (nSPS) is 15.9. The Morgan fingerprint density at radius 2 is 1.43 bits per heavy atom. The topological polar surface area (TPSA) is 64.6 Å². The molecule has 1 fully saturated rings. The standard InChI is InChI=1S/C30H37N3O2/c1-21-8-12-24(13-9-21)20-29(30(35)33-18-16-26(34)17-19-33)32-28-7-5-4-6-27(28)31-23(3)25-14-10-22(2)11-15-25/h4-15,23,26,29,31-32,34H,16-20H2,1-3H3/t23?,29-/m0/s1. The molecule has 0 bridgehead atoms. The van der Waals surface area contributed by atoms with E-state index in [1.54, 1.807) is 0 Å². The van der Waals surface area contributed by atoms with Gasteiger partial charge >= 0.3 is 0 Å². The van der Waals surface area contributed by atoms with Crippen LogP contribution in [0.5, 0.6) is 0 Å². The fourth-order valence-corrected chi connectivity index (χ4v) is 4.56. The van der Waals surface area contributed by atoms with Crippen molar-refractivity contribution in [2.75, 3.05) is 23.7 Å². The number of rotatable bonds is 8. The fraction of sp³-hybridized carbons (Fsp3) is 0.367. The van der Waals surface area contributed by atoms with Crippen LogP contribution in [0.3, 0.4) is 0 Å². The smallest absolute Gasteiger partial charge is 0.245 e. The minimum absolute atomic E-state index is 0.0823. The molecule has 0 saturated carbocycles. The molecular weight excluding hydrogens is 434 g/mol. The van der Waals surface area contributed by atoms with Gasteiger partial charge in [0.1, 0.15) is 6.04 Å². The molecule has 0 aliphatic carbocycles. The number of aryl methyl sites for hydroxylation is 2. The predicted molar refractivity (Wildman–Crippen MR) is 144 cm³/mol. The van der Waals surface area contributed by atoms with Crippen LogP contribution >= 0.6 is 0 Å². The van der Waals surface area contributed by atoms with Gasteiger partial charge in [-0.2, -0.15) is 0 Å². The Hall–Kier alpha value is -3.31. The monoisotopic (exact) mass is 471 g/mol. The first-order chi connectivity index (χ1) is 16.9. The van der Waals surface area contributed by atoms with Crippen molar-refractivity contribution in [2.24, 2.45) is 0 Å². The van der Waals surface area contributed by atoms with Gasteiger partial charge in [0.2, 0.25) is 5.91 Å². The van der Waals surface area contributed by atoms with Crippen molar-refractivity contribution < 1.29 is 9.90 Å². The van der Waals surface area contributed by atoms with E-state index in [2.05, 4.69) is 86.0 Å². The molecule has 4 rings (SSSR count). The molecule has 0 spiro atoms. The van der Waals surface area contributed by atoms with E-state index in [0.29, 0.717) is 32.4 Å². The zero-order valence-electron chi connectivity index (χ0n) is 21.0. The Balaban J connectivity index is 1.55. The lowest BCUT2D eigenvalue weighted by Gasteiger charge is -2.33. The molecular formula is C30H37N3O2. The first-order valence-electron chi connectivity index (χ1n) is 12.6. The molecule has 3 aromatic rings. The SMILES string of the molecule is Cc1ccc(C[C@H](Nc2ccccc2NC(C)c2ccc(C)cc2)C(=O)N2CCC(O)CC2)cc1. The molecule has 1 aliphatic heterocycles. The van der Waals surface area contributed by atoms with Crippen LogP contribution in [-0.2, 0) is 11.2 Å². The van der Waals surface area contributed by atoms with Gasteiger partial charge in [-0.1, -0.05) is 71.8 Å². The van der Waals surface area contributed by atoms with Gasteiger partial charge in [-0.3, -0.25) is 4.79 Å². The highest BCUT2D eigenvalue weighted by Crippen LogP contribution is 2.28. The van der Waals surface area contributed by atoms with Crippen LogP contribution in [-0.4, -0.2) is 41.1 Å². The minimum atomic E-state index is -0.398. The summed E-state index contributed by atoms with van der Waals surface area (Å²) in [6, 6.07) is 24.7. The second kappa shape index (κ2) is 11.4. The molecule has 1 amide bonds. The van der Waals surface area contributed by atoms with Crippen molar-refractivity contribution in [3.05, 3.63) is 95.1 Å². The number of aliphatic hydroxyl groups excluding tert-OH is 1. The van der Waals surface area contributed by atoms with Gasteiger partial charge in [0.25, 0.3) is 0 Å². The van der Waals surface area contributed by atoms with Crippen molar-refractivity contribution in [2.45, 2.75) is 58.2 Å². The summed E-state index contributed by atoms with van der Waals surface area (Å²) in [7, 11) is 0. The number of nitrogens with zero attached hydrogens (tertiary/aromatic N) is 1. The van der Waals surface area contributed by atoms with Crippen molar-refractivity contribution >= 4 is 17.3 Å². The van der Waals surface area contributed by atoms with Crippen LogP contribution in [0.25, 0.3) is 0 Å². The van der Waals surface area contributed by atoms with E-state index < -0.39 is 6.04 Å². The zero-order valence-corrected chi connectivity index (χ0v) is 21.0. The maximum absolute atomic E-state index is 13.6. The Kier molecular flexibility index (Phi) is 8.09. The average Bonchev–Trinajstić information content (AvgIpc) is 2.86. The highest BCUT2D eigenvalue weighted by atomic mass is 16.3. The van der Waals surface area contributed by atoms with Gasteiger partial charge in [-0.05, 0) is 56.9 Å². The third-order valence-electron chi connectivity index (χ3n) is 6.84. The maximum atomic E-state index is 13.6. The van der Waals surface area contributed by atoms with E-state index in [1.807, 2.05) is 23.1 Å². The van der Waals surface area contributed by atoms with Crippen molar-refractivity contribution in [1.82, 2.24) is 4.90 Å². The van der Waals surface area contributed by atoms with Gasteiger partial charge in [0, 0.05) is 25.6 Å². The lowest BCUT2D eigenvalue weighted by atomic mass is 10.0. The molecule has 3 N–H and O–H groups in total. The summed E-state index contributed by atoms with van der Waals surface area (Å²) in [5, 5.41) is 17.1. The predicted octanol–water partition coefficient (Wildman–Crippen LogP) is 5.48. The maximum Gasteiger partial charge on any atom is 0.245 e. The van der Waals surface area contributed by atoms with E-state index in [9.17, 15) is 9.90 Å². The summed E-state index contributed by atoms with van der Waals surface area (Å²) in [6.45, 7) is 7.50. The van der Waals surface area contributed by atoms with Gasteiger partial charge in [-0.15, -0.1) is 0 Å². The molecule has 0 radical (unpaired) electrons. The third kappa shape index (κ3) is 6.64. The number of hydrogen-bond donors (Lipinski definition) is 3. The number of carbonyl (C=O) groups is 1. The first kappa shape index (κ1) is 24.8. The Labute approximate surface area is 209 Å². The second-order valence-electron chi connectivity index (χ2n) is 9.77. The highest BCUT2D eigenvalue weighted by Gasteiger charge is 2.28.